The number of thiophene rings is 1. The van der Waals surface area contributed by atoms with Gasteiger partial charge in [-0.3, -0.25) is 0 Å². The molecule has 0 saturated carbocycles. The largest absolute Gasteiger partial charge is 0.492 e. The Morgan fingerprint density at radius 1 is 1.25 bits per heavy atom. The number of methoxy groups -OCH3 is 1. The highest BCUT2D eigenvalue weighted by molar-refractivity contribution is 7.89. The molecule has 0 aliphatic heterocycles. The number of nitrogens with zero attached hydrogens (tertiary/aromatic N) is 1. The number of likely N-dealkylation sites (N-methyl/N-ethyl adjacent to an activating group) is 1. The average Bonchev–Trinajstić information content (AvgIpc) is 3.06. The van der Waals surface area contributed by atoms with Crippen LogP contribution in [0.15, 0.2) is 40.6 Å². The lowest BCUT2D eigenvalue weighted by molar-refractivity contribution is 0.0602. The summed E-state index contributed by atoms with van der Waals surface area (Å²) in [5, 5.41) is 2.13. The van der Waals surface area contributed by atoms with E-state index in [4.69, 9.17) is 16.3 Å². The Bertz CT molecular complexity index is 802. The van der Waals surface area contributed by atoms with Crippen LogP contribution < -0.4 is 4.74 Å². The standard InChI is InChI=1S/C15H16ClNO5S2/c1-17(8-9-22-12-5-3-11(16)4-6-12)24(19,20)13-7-10-23-14(13)15(18)21-2/h3-7,10H,8-9H2,1-2H3. The highest BCUT2D eigenvalue weighted by atomic mass is 35.5. The summed E-state index contributed by atoms with van der Waals surface area (Å²) in [5.41, 5.74) is 0. The second-order valence-corrected chi connectivity index (χ2v) is 8.10. The minimum Gasteiger partial charge on any atom is -0.492 e. The summed E-state index contributed by atoms with van der Waals surface area (Å²) < 4.78 is 36.4. The fourth-order valence-electron chi connectivity index (χ4n) is 1.85. The fraction of sp³-hybridized carbons (Fsp3) is 0.267. The first-order valence-corrected chi connectivity index (χ1v) is 9.56. The number of halogens is 1. The van der Waals surface area contributed by atoms with Gasteiger partial charge < -0.3 is 9.47 Å². The zero-order valence-corrected chi connectivity index (χ0v) is 15.5. The Kier molecular flexibility index (Phi) is 6.22. The van der Waals surface area contributed by atoms with Gasteiger partial charge in [0.15, 0.2) is 0 Å². The predicted octanol–water partition coefficient (Wildman–Crippen LogP) is 2.89. The number of rotatable bonds is 7. The molecule has 0 spiro atoms. The van der Waals surface area contributed by atoms with Crippen LogP contribution in [0.4, 0.5) is 0 Å². The monoisotopic (exact) mass is 389 g/mol. The van der Waals surface area contributed by atoms with E-state index < -0.39 is 16.0 Å². The number of sulfonamides is 1. The van der Waals surface area contributed by atoms with Gasteiger partial charge in [0.05, 0.1) is 7.11 Å². The van der Waals surface area contributed by atoms with Gasteiger partial charge in [-0.05, 0) is 35.7 Å². The van der Waals surface area contributed by atoms with Crippen molar-refractivity contribution >= 4 is 38.9 Å². The minimum atomic E-state index is -3.80. The number of esters is 1. The number of carbonyl (C=O) groups excluding carboxylic acids is 1. The Balaban J connectivity index is 2.03. The molecule has 0 N–H and O–H groups in total. The summed E-state index contributed by atoms with van der Waals surface area (Å²) in [6, 6.07) is 8.16. The maximum absolute atomic E-state index is 12.6. The van der Waals surface area contributed by atoms with Gasteiger partial charge in [-0.25, -0.2) is 13.2 Å². The predicted molar refractivity (Wildman–Crippen MR) is 92.4 cm³/mol. The number of hydrogen-bond acceptors (Lipinski definition) is 6. The molecule has 0 atom stereocenters. The fourth-order valence-corrected chi connectivity index (χ4v) is 4.44. The molecule has 0 bridgehead atoms. The molecule has 1 aromatic carbocycles. The van der Waals surface area contributed by atoms with Gasteiger partial charge in [0.25, 0.3) is 0 Å². The average molecular weight is 390 g/mol. The number of benzene rings is 1. The molecule has 0 amide bonds. The van der Waals surface area contributed by atoms with E-state index in [-0.39, 0.29) is 22.9 Å². The summed E-state index contributed by atoms with van der Waals surface area (Å²) in [4.78, 5) is 11.7. The number of hydrogen-bond donors (Lipinski definition) is 0. The summed E-state index contributed by atoms with van der Waals surface area (Å²) >= 11 is 6.81. The summed E-state index contributed by atoms with van der Waals surface area (Å²) in [6.07, 6.45) is 0. The zero-order valence-electron chi connectivity index (χ0n) is 13.1. The second-order valence-electron chi connectivity index (χ2n) is 4.73. The molecule has 0 saturated heterocycles. The van der Waals surface area contributed by atoms with Crippen LogP contribution in [-0.2, 0) is 14.8 Å². The molecule has 130 valence electrons. The first-order chi connectivity index (χ1) is 11.4. The first-order valence-electron chi connectivity index (χ1n) is 6.86. The van der Waals surface area contributed by atoms with Gasteiger partial charge in [0.2, 0.25) is 10.0 Å². The maximum Gasteiger partial charge on any atom is 0.349 e. The molecule has 0 unspecified atom stereocenters. The van der Waals surface area contributed by atoms with Crippen LogP contribution in [0.1, 0.15) is 9.67 Å². The molecule has 2 rings (SSSR count). The molecule has 1 heterocycles. The third-order valence-electron chi connectivity index (χ3n) is 3.18. The molecule has 24 heavy (non-hydrogen) atoms. The lowest BCUT2D eigenvalue weighted by Crippen LogP contribution is -2.31. The number of ether oxygens (including phenoxy) is 2. The summed E-state index contributed by atoms with van der Waals surface area (Å²) in [5.74, 6) is -0.0784. The van der Waals surface area contributed by atoms with Gasteiger partial charge in [-0.2, -0.15) is 4.31 Å². The topological polar surface area (TPSA) is 72.9 Å². The van der Waals surface area contributed by atoms with E-state index in [1.807, 2.05) is 0 Å². The van der Waals surface area contributed by atoms with Crippen LogP contribution in [0.25, 0.3) is 0 Å². The van der Waals surface area contributed by atoms with Crippen LogP contribution in [0.5, 0.6) is 5.75 Å². The SMILES string of the molecule is COC(=O)c1sccc1S(=O)(=O)N(C)CCOc1ccc(Cl)cc1. The Morgan fingerprint density at radius 2 is 1.92 bits per heavy atom. The minimum absolute atomic E-state index is 0.0583. The van der Waals surface area contributed by atoms with E-state index in [0.29, 0.717) is 10.8 Å². The van der Waals surface area contributed by atoms with Gasteiger partial charge in [-0.15, -0.1) is 11.3 Å². The quantitative estimate of drug-likeness (QED) is 0.681. The van der Waals surface area contributed by atoms with E-state index in [1.165, 1.54) is 25.6 Å². The van der Waals surface area contributed by atoms with E-state index in [9.17, 15) is 13.2 Å². The van der Waals surface area contributed by atoms with E-state index in [2.05, 4.69) is 4.74 Å². The van der Waals surface area contributed by atoms with E-state index in [0.717, 1.165) is 15.6 Å². The van der Waals surface area contributed by atoms with Crippen molar-refractivity contribution in [2.24, 2.45) is 0 Å². The third kappa shape index (κ3) is 4.27. The normalized spacial score (nSPS) is 11.5. The molecular weight excluding hydrogens is 374 g/mol. The Labute approximate surface area is 149 Å². The molecule has 2 aromatic rings. The van der Waals surface area contributed by atoms with Crippen molar-refractivity contribution in [1.29, 1.82) is 0 Å². The van der Waals surface area contributed by atoms with E-state index >= 15 is 0 Å². The molecule has 1 aromatic heterocycles. The Morgan fingerprint density at radius 3 is 2.54 bits per heavy atom. The molecular formula is C15H16ClNO5S2. The molecule has 0 radical (unpaired) electrons. The second kappa shape index (κ2) is 7.98. The Hall–Kier alpha value is -1.61. The van der Waals surface area contributed by atoms with Crippen molar-refractivity contribution < 1.29 is 22.7 Å². The smallest absolute Gasteiger partial charge is 0.349 e. The van der Waals surface area contributed by atoms with Crippen molar-refractivity contribution in [2.45, 2.75) is 4.90 Å². The highest BCUT2D eigenvalue weighted by Crippen LogP contribution is 2.25. The van der Waals surface area contributed by atoms with Crippen LogP contribution >= 0.6 is 22.9 Å². The van der Waals surface area contributed by atoms with Crippen LogP contribution in [0.3, 0.4) is 0 Å². The van der Waals surface area contributed by atoms with E-state index in [1.54, 1.807) is 24.3 Å². The van der Waals surface area contributed by atoms with Crippen molar-refractivity contribution in [2.75, 3.05) is 27.3 Å². The maximum atomic E-state index is 12.6. The van der Waals surface area contributed by atoms with Crippen molar-refractivity contribution in [3.63, 3.8) is 0 Å². The van der Waals surface area contributed by atoms with Crippen molar-refractivity contribution in [1.82, 2.24) is 4.31 Å². The van der Waals surface area contributed by atoms with Gasteiger partial charge in [0, 0.05) is 18.6 Å². The molecule has 0 fully saturated rings. The van der Waals surface area contributed by atoms with Gasteiger partial charge in [-0.1, -0.05) is 11.6 Å². The summed E-state index contributed by atoms with van der Waals surface area (Å²) in [7, 11) is -1.16. The lowest BCUT2D eigenvalue weighted by atomic mass is 10.3. The van der Waals surface area contributed by atoms with Crippen LogP contribution in [0.2, 0.25) is 5.02 Å². The number of carbonyl (C=O) groups is 1. The third-order valence-corrected chi connectivity index (χ3v) is 6.35. The lowest BCUT2D eigenvalue weighted by Gasteiger charge is -2.17. The zero-order chi connectivity index (χ0) is 17.7. The summed E-state index contributed by atoms with van der Waals surface area (Å²) in [6.45, 7) is 0.288. The first kappa shape index (κ1) is 18.7. The van der Waals surface area contributed by atoms with Gasteiger partial charge in [0.1, 0.15) is 22.1 Å². The van der Waals surface area contributed by atoms with Crippen LogP contribution in [0, 0.1) is 0 Å². The van der Waals surface area contributed by atoms with Crippen LogP contribution in [-0.4, -0.2) is 46.0 Å². The van der Waals surface area contributed by atoms with Crippen molar-refractivity contribution in [3.05, 3.63) is 45.6 Å². The van der Waals surface area contributed by atoms with Gasteiger partial charge >= 0.3 is 5.97 Å². The molecule has 0 aliphatic rings. The molecule has 9 heteroatoms. The highest BCUT2D eigenvalue weighted by Gasteiger charge is 2.28. The molecule has 6 nitrogen and oxygen atoms in total. The molecule has 0 aliphatic carbocycles. The van der Waals surface area contributed by atoms with Crippen molar-refractivity contribution in [3.8, 4) is 5.75 Å².